The van der Waals surface area contributed by atoms with Crippen molar-refractivity contribution in [3.05, 3.63) is 65.5 Å². The highest BCUT2D eigenvalue weighted by molar-refractivity contribution is 5.98. The van der Waals surface area contributed by atoms with Gasteiger partial charge in [-0.2, -0.15) is 0 Å². The molecule has 1 aromatic heterocycles. The number of aromatic nitrogens is 1. The van der Waals surface area contributed by atoms with Crippen molar-refractivity contribution >= 4 is 11.8 Å². The lowest BCUT2D eigenvalue weighted by atomic mass is 9.95. The summed E-state index contributed by atoms with van der Waals surface area (Å²) in [4.78, 5) is 28.9. The summed E-state index contributed by atoms with van der Waals surface area (Å²) in [6.45, 7) is 0.577. The number of pyridine rings is 1. The van der Waals surface area contributed by atoms with E-state index in [0.29, 0.717) is 12.1 Å². The summed E-state index contributed by atoms with van der Waals surface area (Å²) in [5.74, 6) is -0.363. The smallest absolute Gasteiger partial charge is 0.269 e. The Morgan fingerprint density at radius 2 is 1.78 bits per heavy atom. The Labute approximate surface area is 160 Å². The number of carbonyl (C=O) groups excluding carboxylic acids is 2. The predicted molar refractivity (Wildman–Crippen MR) is 106 cm³/mol. The Kier molecular flexibility index (Phi) is 6.97. The minimum Gasteiger partial charge on any atom is -0.351 e. The maximum Gasteiger partial charge on any atom is 0.269 e. The summed E-state index contributed by atoms with van der Waals surface area (Å²) in [5.41, 5.74) is 2.03. The van der Waals surface area contributed by atoms with Crippen molar-refractivity contribution in [1.82, 2.24) is 15.6 Å². The Balaban J connectivity index is 1.48. The van der Waals surface area contributed by atoms with E-state index in [1.54, 1.807) is 12.1 Å². The zero-order chi connectivity index (χ0) is 18.9. The fourth-order valence-corrected chi connectivity index (χ4v) is 3.44. The topological polar surface area (TPSA) is 71.1 Å². The van der Waals surface area contributed by atoms with Crippen molar-refractivity contribution in [1.29, 1.82) is 0 Å². The monoisotopic (exact) mass is 365 g/mol. The van der Waals surface area contributed by atoms with Crippen molar-refractivity contribution in [3.8, 4) is 0 Å². The van der Waals surface area contributed by atoms with Crippen LogP contribution in [0.25, 0.3) is 0 Å². The molecule has 142 valence electrons. The molecule has 1 heterocycles. The number of benzene rings is 1. The average molecular weight is 365 g/mol. The first-order valence-corrected chi connectivity index (χ1v) is 9.81. The molecule has 2 N–H and O–H groups in total. The van der Waals surface area contributed by atoms with Crippen LogP contribution >= 0.6 is 0 Å². The molecule has 0 aliphatic heterocycles. The van der Waals surface area contributed by atoms with Gasteiger partial charge in [0.15, 0.2) is 0 Å². The molecule has 0 atom stereocenters. The highest BCUT2D eigenvalue weighted by Gasteiger charge is 2.17. The first kappa shape index (κ1) is 19.1. The molecule has 1 aromatic carbocycles. The first-order chi connectivity index (χ1) is 13.2. The fourth-order valence-electron chi connectivity index (χ4n) is 3.44. The van der Waals surface area contributed by atoms with Crippen LogP contribution in [-0.2, 0) is 6.42 Å². The van der Waals surface area contributed by atoms with Crippen molar-refractivity contribution in [2.45, 2.75) is 51.0 Å². The maximum absolute atomic E-state index is 12.4. The third-order valence-corrected chi connectivity index (χ3v) is 4.97. The van der Waals surface area contributed by atoms with Crippen molar-refractivity contribution < 1.29 is 9.59 Å². The molecular weight excluding hydrogens is 338 g/mol. The molecule has 1 aliphatic carbocycles. The lowest BCUT2D eigenvalue weighted by molar-refractivity contribution is 0.0927. The molecule has 1 saturated carbocycles. The Hall–Kier alpha value is -2.69. The highest BCUT2D eigenvalue weighted by atomic mass is 16.2. The summed E-state index contributed by atoms with van der Waals surface area (Å²) in [6, 6.07) is 13.7. The van der Waals surface area contributed by atoms with Crippen LogP contribution in [0.4, 0.5) is 0 Å². The van der Waals surface area contributed by atoms with Gasteiger partial charge < -0.3 is 10.6 Å². The molecule has 0 spiro atoms. The number of carbonyl (C=O) groups is 2. The molecule has 0 radical (unpaired) electrons. The van der Waals surface area contributed by atoms with Crippen LogP contribution < -0.4 is 10.6 Å². The largest absolute Gasteiger partial charge is 0.351 e. The number of nitrogens with one attached hydrogen (secondary N) is 2. The summed E-state index contributed by atoms with van der Waals surface area (Å²) in [5, 5.41) is 5.96. The molecule has 0 unspecified atom stereocenters. The fraction of sp³-hybridized carbons (Fsp3) is 0.409. The van der Waals surface area contributed by atoms with Crippen molar-refractivity contribution in [2.24, 2.45) is 0 Å². The van der Waals surface area contributed by atoms with E-state index in [1.165, 1.54) is 18.2 Å². The lowest BCUT2D eigenvalue weighted by Gasteiger charge is -2.22. The number of hydrogen-bond donors (Lipinski definition) is 2. The van der Waals surface area contributed by atoms with Crippen LogP contribution in [0.15, 0.2) is 48.7 Å². The molecule has 2 amide bonds. The second kappa shape index (κ2) is 9.86. The molecule has 27 heavy (non-hydrogen) atoms. The van der Waals surface area contributed by atoms with Crippen LogP contribution in [0.1, 0.15) is 64.9 Å². The van der Waals surface area contributed by atoms with Crippen LogP contribution in [-0.4, -0.2) is 29.4 Å². The van der Waals surface area contributed by atoms with Gasteiger partial charge in [-0.25, -0.2) is 0 Å². The van der Waals surface area contributed by atoms with E-state index in [2.05, 4.69) is 27.8 Å². The standard InChI is InChI=1S/C22H27N3O2/c26-21(25-19-11-5-2-6-12-19)18-13-15-23-20(16-18)22(27)24-14-7-10-17-8-3-1-4-9-17/h1,3-4,8-9,13,15-16,19H,2,5-7,10-12,14H2,(H,24,27)(H,25,26). The summed E-state index contributed by atoms with van der Waals surface area (Å²) < 4.78 is 0. The molecule has 5 nitrogen and oxygen atoms in total. The number of nitrogens with zero attached hydrogens (tertiary/aromatic N) is 1. The van der Waals surface area contributed by atoms with Gasteiger partial charge >= 0.3 is 0 Å². The number of aryl methyl sites for hydroxylation is 1. The van der Waals surface area contributed by atoms with Gasteiger partial charge in [-0.3, -0.25) is 14.6 Å². The minimum absolute atomic E-state index is 0.123. The minimum atomic E-state index is -0.240. The lowest BCUT2D eigenvalue weighted by Crippen LogP contribution is -2.36. The van der Waals surface area contributed by atoms with E-state index in [1.807, 2.05) is 18.2 Å². The summed E-state index contributed by atoms with van der Waals surface area (Å²) in [6.07, 6.45) is 8.94. The molecule has 0 saturated heterocycles. The second-order valence-corrected chi connectivity index (χ2v) is 7.08. The van der Waals surface area contributed by atoms with Gasteiger partial charge in [-0.15, -0.1) is 0 Å². The molecule has 0 bridgehead atoms. The third kappa shape index (κ3) is 5.91. The van der Waals surface area contributed by atoms with Crippen LogP contribution in [0.2, 0.25) is 0 Å². The summed E-state index contributed by atoms with van der Waals surface area (Å²) >= 11 is 0. The van der Waals surface area contributed by atoms with E-state index in [0.717, 1.165) is 38.5 Å². The highest BCUT2D eigenvalue weighted by Crippen LogP contribution is 2.18. The van der Waals surface area contributed by atoms with Gasteiger partial charge in [0, 0.05) is 24.3 Å². The van der Waals surface area contributed by atoms with Crippen molar-refractivity contribution in [2.75, 3.05) is 6.54 Å². The van der Waals surface area contributed by atoms with Gasteiger partial charge in [-0.05, 0) is 43.4 Å². The zero-order valence-electron chi connectivity index (χ0n) is 15.6. The first-order valence-electron chi connectivity index (χ1n) is 9.81. The van der Waals surface area contributed by atoms with E-state index in [4.69, 9.17) is 0 Å². The summed E-state index contributed by atoms with van der Waals surface area (Å²) in [7, 11) is 0. The van der Waals surface area contributed by atoms with Crippen LogP contribution in [0.3, 0.4) is 0 Å². The molecular formula is C22H27N3O2. The van der Waals surface area contributed by atoms with Gasteiger partial charge in [-0.1, -0.05) is 49.6 Å². The van der Waals surface area contributed by atoms with Gasteiger partial charge in [0.2, 0.25) is 0 Å². The Morgan fingerprint density at radius 1 is 1.00 bits per heavy atom. The normalized spacial score (nSPS) is 14.5. The second-order valence-electron chi connectivity index (χ2n) is 7.08. The molecule has 5 heteroatoms. The number of rotatable bonds is 7. The van der Waals surface area contributed by atoms with Crippen LogP contribution in [0, 0.1) is 0 Å². The van der Waals surface area contributed by atoms with E-state index < -0.39 is 0 Å². The SMILES string of the molecule is O=C(NC1CCCCC1)c1ccnc(C(=O)NCCCc2ccccc2)c1. The number of amides is 2. The Bertz CT molecular complexity index is 755. The quantitative estimate of drug-likeness (QED) is 0.738. The number of hydrogen-bond acceptors (Lipinski definition) is 3. The van der Waals surface area contributed by atoms with E-state index in [9.17, 15) is 9.59 Å². The third-order valence-electron chi connectivity index (χ3n) is 4.97. The molecule has 2 aromatic rings. The molecule has 3 rings (SSSR count). The maximum atomic E-state index is 12.4. The van der Waals surface area contributed by atoms with E-state index >= 15 is 0 Å². The van der Waals surface area contributed by atoms with Gasteiger partial charge in [0.05, 0.1) is 0 Å². The van der Waals surface area contributed by atoms with Crippen LogP contribution in [0.5, 0.6) is 0 Å². The predicted octanol–water partition coefficient (Wildman–Crippen LogP) is 3.51. The molecule has 1 aliphatic rings. The Morgan fingerprint density at radius 3 is 2.56 bits per heavy atom. The zero-order valence-corrected chi connectivity index (χ0v) is 15.6. The average Bonchev–Trinajstić information content (AvgIpc) is 2.72. The van der Waals surface area contributed by atoms with Crippen molar-refractivity contribution in [3.63, 3.8) is 0 Å². The van der Waals surface area contributed by atoms with E-state index in [-0.39, 0.29) is 23.6 Å². The molecule has 1 fully saturated rings. The van der Waals surface area contributed by atoms with Gasteiger partial charge in [0.25, 0.3) is 11.8 Å². The van der Waals surface area contributed by atoms with Gasteiger partial charge in [0.1, 0.15) is 5.69 Å².